The fourth-order valence-corrected chi connectivity index (χ4v) is 1.51. The topological polar surface area (TPSA) is 70.6 Å². The minimum Gasteiger partial charge on any atom is -0.409 e. The van der Waals surface area contributed by atoms with E-state index in [1.165, 1.54) is 4.90 Å². The lowest BCUT2D eigenvalue weighted by Gasteiger charge is -2.13. The summed E-state index contributed by atoms with van der Waals surface area (Å²) >= 11 is 1.69. The first kappa shape index (κ1) is 11.7. The molecule has 82 valence electrons. The third-order valence-electron chi connectivity index (χ3n) is 2.03. The van der Waals surface area contributed by atoms with Crippen molar-refractivity contribution in [1.82, 2.24) is 0 Å². The molecule has 4 nitrogen and oxygen atoms in total. The van der Waals surface area contributed by atoms with Crippen molar-refractivity contribution < 1.29 is 5.21 Å². The number of hydrogen-bond donors (Lipinski definition) is 3. The molecule has 0 aliphatic heterocycles. The molecule has 1 aromatic rings. The number of nitrogens with two attached hydrogens (primary N) is 1. The van der Waals surface area contributed by atoms with Gasteiger partial charge in [-0.25, -0.2) is 0 Å². The zero-order valence-corrected chi connectivity index (χ0v) is 9.58. The van der Waals surface area contributed by atoms with E-state index < -0.39 is 0 Å². The molecule has 0 aliphatic rings. The number of hydrogen-bond acceptors (Lipinski definition) is 4. The first-order valence-corrected chi connectivity index (χ1v) is 5.78. The zero-order chi connectivity index (χ0) is 11.3. The number of amidine groups is 1. The van der Waals surface area contributed by atoms with E-state index in [1.54, 1.807) is 11.8 Å². The van der Waals surface area contributed by atoms with Gasteiger partial charge in [0, 0.05) is 10.6 Å². The smallest absolute Gasteiger partial charge is 0.161 e. The Labute approximate surface area is 93.5 Å². The Balaban J connectivity index is 2.65. The van der Waals surface area contributed by atoms with Gasteiger partial charge in [0.2, 0.25) is 0 Å². The third-order valence-corrected chi connectivity index (χ3v) is 2.78. The average Bonchev–Trinajstić information content (AvgIpc) is 2.29. The van der Waals surface area contributed by atoms with Crippen molar-refractivity contribution in [2.24, 2.45) is 10.9 Å². The van der Waals surface area contributed by atoms with Gasteiger partial charge in [0.1, 0.15) is 0 Å². The van der Waals surface area contributed by atoms with Gasteiger partial charge in [-0.15, -0.1) is 11.8 Å². The Kier molecular flexibility index (Phi) is 4.30. The molecule has 1 rings (SSSR count). The summed E-state index contributed by atoms with van der Waals surface area (Å²) in [5, 5.41) is 14.5. The summed E-state index contributed by atoms with van der Waals surface area (Å²) in [6.45, 7) is 1.83. The van der Waals surface area contributed by atoms with Crippen LogP contribution in [-0.2, 0) is 0 Å². The Hall–Kier alpha value is -1.36. The predicted octanol–water partition coefficient (Wildman–Crippen LogP) is 1.96. The highest BCUT2D eigenvalue weighted by Gasteiger charge is 2.06. The molecule has 0 spiro atoms. The van der Waals surface area contributed by atoms with Crippen LogP contribution in [0.25, 0.3) is 0 Å². The van der Waals surface area contributed by atoms with Crippen LogP contribution in [0, 0.1) is 0 Å². The molecule has 0 saturated heterocycles. The van der Waals surface area contributed by atoms with Crippen molar-refractivity contribution >= 4 is 23.3 Å². The van der Waals surface area contributed by atoms with E-state index >= 15 is 0 Å². The number of anilines is 1. The highest BCUT2D eigenvalue weighted by molar-refractivity contribution is 7.98. The Bertz CT molecular complexity index is 337. The van der Waals surface area contributed by atoms with E-state index in [1.807, 2.05) is 37.4 Å². The first-order valence-electron chi connectivity index (χ1n) is 4.55. The van der Waals surface area contributed by atoms with Gasteiger partial charge < -0.3 is 16.3 Å². The molecule has 0 amide bonds. The molecule has 0 heterocycles. The number of thioether (sulfide) groups is 1. The molecular weight excluding hydrogens is 210 g/mol. The van der Waals surface area contributed by atoms with Crippen molar-refractivity contribution in [1.29, 1.82) is 0 Å². The van der Waals surface area contributed by atoms with Gasteiger partial charge >= 0.3 is 0 Å². The van der Waals surface area contributed by atoms with Crippen LogP contribution in [0.3, 0.4) is 0 Å². The Morgan fingerprint density at radius 1 is 1.47 bits per heavy atom. The minimum absolute atomic E-state index is 0.170. The second-order valence-electron chi connectivity index (χ2n) is 3.12. The van der Waals surface area contributed by atoms with Gasteiger partial charge in [-0.05, 0) is 37.4 Å². The molecule has 1 aromatic carbocycles. The summed E-state index contributed by atoms with van der Waals surface area (Å²) < 4.78 is 0. The highest BCUT2D eigenvalue weighted by Crippen LogP contribution is 2.17. The lowest BCUT2D eigenvalue weighted by molar-refractivity contribution is 0.316. The molecule has 4 N–H and O–H groups in total. The average molecular weight is 225 g/mol. The van der Waals surface area contributed by atoms with Gasteiger partial charge in [-0.1, -0.05) is 5.16 Å². The van der Waals surface area contributed by atoms with E-state index in [4.69, 9.17) is 10.9 Å². The molecule has 0 radical (unpaired) electrons. The largest absolute Gasteiger partial charge is 0.409 e. The summed E-state index contributed by atoms with van der Waals surface area (Å²) in [5.74, 6) is 0.170. The summed E-state index contributed by atoms with van der Waals surface area (Å²) in [7, 11) is 0. The summed E-state index contributed by atoms with van der Waals surface area (Å²) in [6.07, 6.45) is 2.03. The normalized spacial score (nSPS) is 13.6. The molecule has 0 saturated carbocycles. The molecule has 1 unspecified atom stereocenters. The zero-order valence-electron chi connectivity index (χ0n) is 8.77. The van der Waals surface area contributed by atoms with E-state index in [2.05, 4.69) is 10.5 Å². The van der Waals surface area contributed by atoms with Crippen LogP contribution in [0.5, 0.6) is 0 Å². The summed E-state index contributed by atoms with van der Waals surface area (Å²) in [6, 6.07) is 7.79. The molecular formula is C10H15N3OS. The van der Waals surface area contributed by atoms with Gasteiger partial charge in [0.15, 0.2) is 5.84 Å². The summed E-state index contributed by atoms with van der Waals surface area (Å²) in [4.78, 5) is 1.21. The van der Waals surface area contributed by atoms with Crippen molar-refractivity contribution in [3.05, 3.63) is 24.3 Å². The van der Waals surface area contributed by atoms with Crippen molar-refractivity contribution in [2.75, 3.05) is 11.6 Å². The van der Waals surface area contributed by atoms with Crippen LogP contribution >= 0.6 is 11.8 Å². The van der Waals surface area contributed by atoms with Crippen LogP contribution in [0.2, 0.25) is 0 Å². The minimum atomic E-state index is -0.185. The molecule has 0 aliphatic carbocycles. The van der Waals surface area contributed by atoms with Crippen molar-refractivity contribution in [2.45, 2.75) is 17.9 Å². The SMILES string of the molecule is CSc1ccc(NC(C)C(N)=NO)cc1. The second kappa shape index (κ2) is 5.50. The van der Waals surface area contributed by atoms with Gasteiger partial charge in [-0.2, -0.15) is 0 Å². The van der Waals surface area contributed by atoms with Crippen LogP contribution in [0.1, 0.15) is 6.92 Å². The number of benzene rings is 1. The molecule has 5 heteroatoms. The molecule has 15 heavy (non-hydrogen) atoms. The van der Waals surface area contributed by atoms with E-state index in [-0.39, 0.29) is 11.9 Å². The van der Waals surface area contributed by atoms with Crippen molar-refractivity contribution in [3.8, 4) is 0 Å². The highest BCUT2D eigenvalue weighted by atomic mass is 32.2. The number of rotatable bonds is 4. The maximum atomic E-state index is 8.49. The first-order chi connectivity index (χ1) is 7.17. The van der Waals surface area contributed by atoms with Crippen LogP contribution in [0.4, 0.5) is 5.69 Å². The maximum Gasteiger partial charge on any atom is 0.161 e. The lowest BCUT2D eigenvalue weighted by Crippen LogP contribution is -2.32. The van der Waals surface area contributed by atoms with E-state index in [0.717, 1.165) is 5.69 Å². The standard InChI is InChI=1S/C10H15N3OS/c1-7(10(11)13-14)12-8-3-5-9(15-2)6-4-8/h3-7,12,14H,1-2H3,(H2,11,13). The maximum absolute atomic E-state index is 8.49. The number of nitrogens with one attached hydrogen (secondary N) is 1. The van der Waals surface area contributed by atoms with Crippen LogP contribution in [-0.4, -0.2) is 23.3 Å². The van der Waals surface area contributed by atoms with Gasteiger partial charge in [-0.3, -0.25) is 0 Å². The van der Waals surface area contributed by atoms with Crippen molar-refractivity contribution in [3.63, 3.8) is 0 Å². The summed E-state index contributed by atoms with van der Waals surface area (Å²) in [5.41, 5.74) is 6.40. The lowest BCUT2D eigenvalue weighted by atomic mass is 10.2. The third kappa shape index (κ3) is 3.36. The number of nitrogens with zero attached hydrogens (tertiary/aromatic N) is 1. The van der Waals surface area contributed by atoms with Crippen LogP contribution in [0.15, 0.2) is 34.3 Å². The fourth-order valence-electron chi connectivity index (χ4n) is 1.10. The van der Waals surface area contributed by atoms with E-state index in [9.17, 15) is 0 Å². The number of oxime groups is 1. The predicted molar refractivity (Wildman–Crippen MR) is 64.7 cm³/mol. The van der Waals surface area contributed by atoms with Gasteiger partial charge in [0.05, 0.1) is 6.04 Å². The Morgan fingerprint density at radius 3 is 2.53 bits per heavy atom. The van der Waals surface area contributed by atoms with Crippen LogP contribution < -0.4 is 11.1 Å². The fraction of sp³-hybridized carbons (Fsp3) is 0.300. The second-order valence-corrected chi connectivity index (χ2v) is 4.00. The quantitative estimate of drug-likeness (QED) is 0.241. The molecule has 1 atom stereocenters. The Morgan fingerprint density at radius 2 is 2.07 bits per heavy atom. The monoisotopic (exact) mass is 225 g/mol. The van der Waals surface area contributed by atoms with Gasteiger partial charge in [0.25, 0.3) is 0 Å². The molecule has 0 fully saturated rings. The molecule has 0 aromatic heterocycles. The molecule has 0 bridgehead atoms. The van der Waals surface area contributed by atoms with E-state index in [0.29, 0.717) is 0 Å².